The van der Waals surface area contributed by atoms with Crippen LogP contribution in [-0.2, 0) is 22.6 Å². The van der Waals surface area contributed by atoms with Crippen LogP contribution in [0.5, 0.6) is 0 Å². The van der Waals surface area contributed by atoms with Crippen LogP contribution in [0.3, 0.4) is 0 Å². The van der Waals surface area contributed by atoms with Crippen LogP contribution in [0.2, 0.25) is 0 Å². The highest BCUT2D eigenvalue weighted by Gasteiger charge is 2.26. The van der Waals surface area contributed by atoms with Crippen molar-refractivity contribution in [2.24, 2.45) is 0 Å². The monoisotopic (exact) mass is 482 g/mol. The van der Waals surface area contributed by atoms with E-state index in [2.05, 4.69) is 76.7 Å². The average molecular weight is 483 g/mol. The molecule has 1 aliphatic carbocycles. The highest BCUT2D eigenvalue weighted by Crippen LogP contribution is 2.31. The van der Waals surface area contributed by atoms with E-state index in [0.717, 1.165) is 51.1 Å². The van der Waals surface area contributed by atoms with E-state index in [1.54, 1.807) is 0 Å². The standard InChI is InChI=1S/C30H34N4O2/c1-21-4-3-5-26(19-21)34-16-14-33(15-17-34)20-23-7-10-25(11-8-23)31-29(35)30(36)32-28-13-9-24-18-22(2)6-12-27(24)28/h3-8,10-12,18-19,28H,9,13-17,20H2,1-2H3,(H,31,35)(H,32,36). The first-order chi connectivity index (χ1) is 17.4. The molecule has 5 rings (SSSR count). The molecule has 6 heteroatoms. The Balaban J connectivity index is 1.09. The van der Waals surface area contributed by atoms with E-state index in [4.69, 9.17) is 0 Å². The Hall–Kier alpha value is -3.64. The molecule has 6 nitrogen and oxygen atoms in total. The minimum Gasteiger partial charge on any atom is -0.369 e. The van der Waals surface area contributed by atoms with Crippen LogP contribution in [0.1, 0.15) is 40.3 Å². The molecule has 0 spiro atoms. The quantitative estimate of drug-likeness (QED) is 0.530. The Morgan fingerprint density at radius 1 is 0.861 bits per heavy atom. The van der Waals surface area contributed by atoms with Gasteiger partial charge in [-0.2, -0.15) is 0 Å². The third kappa shape index (κ3) is 5.60. The largest absolute Gasteiger partial charge is 0.369 e. The normalized spacial score (nSPS) is 17.5. The van der Waals surface area contributed by atoms with Gasteiger partial charge in [0.1, 0.15) is 0 Å². The number of piperazine rings is 1. The first-order valence-electron chi connectivity index (χ1n) is 12.8. The van der Waals surface area contributed by atoms with Crippen molar-refractivity contribution >= 4 is 23.2 Å². The zero-order chi connectivity index (χ0) is 25.1. The Bertz CT molecular complexity index is 1250. The number of fused-ring (bicyclic) bond motifs is 1. The summed E-state index contributed by atoms with van der Waals surface area (Å²) in [7, 11) is 0. The van der Waals surface area contributed by atoms with Crippen molar-refractivity contribution in [3.8, 4) is 0 Å². The topological polar surface area (TPSA) is 64.7 Å². The number of aryl methyl sites for hydroxylation is 3. The highest BCUT2D eigenvalue weighted by atomic mass is 16.2. The van der Waals surface area contributed by atoms with E-state index in [-0.39, 0.29) is 6.04 Å². The summed E-state index contributed by atoms with van der Waals surface area (Å²) in [5.41, 5.74) is 8.00. The lowest BCUT2D eigenvalue weighted by atomic mass is 10.1. The van der Waals surface area contributed by atoms with E-state index >= 15 is 0 Å². The van der Waals surface area contributed by atoms with Gasteiger partial charge in [0.2, 0.25) is 0 Å². The van der Waals surface area contributed by atoms with Gasteiger partial charge < -0.3 is 15.5 Å². The number of amides is 2. The van der Waals surface area contributed by atoms with Crippen molar-refractivity contribution in [3.05, 3.63) is 94.5 Å². The highest BCUT2D eigenvalue weighted by molar-refractivity contribution is 6.39. The molecule has 1 unspecified atom stereocenters. The van der Waals surface area contributed by atoms with Crippen LogP contribution in [-0.4, -0.2) is 42.9 Å². The van der Waals surface area contributed by atoms with Crippen LogP contribution in [0.15, 0.2) is 66.7 Å². The molecular formula is C30H34N4O2. The smallest absolute Gasteiger partial charge is 0.313 e. The molecule has 2 N–H and O–H groups in total. The van der Waals surface area contributed by atoms with E-state index in [1.165, 1.54) is 27.9 Å². The fourth-order valence-electron chi connectivity index (χ4n) is 5.25. The van der Waals surface area contributed by atoms with Crippen molar-refractivity contribution in [3.63, 3.8) is 0 Å². The molecule has 0 radical (unpaired) electrons. The number of rotatable bonds is 5. The number of hydrogen-bond acceptors (Lipinski definition) is 4. The Kier molecular flexibility index (Phi) is 7.05. The molecule has 2 aliphatic rings. The molecule has 3 aromatic carbocycles. The average Bonchev–Trinajstić information content (AvgIpc) is 3.27. The van der Waals surface area contributed by atoms with E-state index < -0.39 is 11.8 Å². The minimum atomic E-state index is -0.629. The second-order valence-electron chi connectivity index (χ2n) is 10.0. The summed E-state index contributed by atoms with van der Waals surface area (Å²) < 4.78 is 0. The zero-order valence-electron chi connectivity index (χ0n) is 21.1. The number of benzene rings is 3. The Morgan fingerprint density at radius 3 is 2.36 bits per heavy atom. The van der Waals surface area contributed by atoms with Gasteiger partial charge in [-0.15, -0.1) is 0 Å². The van der Waals surface area contributed by atoms with Crippen molar-refractivity contribution < 1.29 is 9.59 Å². The van der Waals surface area contributed by atoms with E-state index in [9.17, 15) is 9.59 Å². The van der Waals surface area contributed by atoms with Crippen molar-refractivity contribution in [1.82, 2.24) is 10.2 Å². The van der Waals surface area contributed by atoms with Gasteiger partial charge in [-0.1, -0.05) is 48.0 Å². The molecule has 0 aromatic heterocycles. The summed E-state index contributed by atoms with van der Waals surface area (Å²) in [4.78, 5) is 29.9. The third-order valence-corrected chi connectivity index (χ3v) is 7.24. The summed E-state index contributed by atoms with van der Waals surface area (Å²) >= 11 is 0. The van der Waals surface area contributed by atoms with Crippen LogP contribution in [0.25, 0.3) is 0 Å². The molecule has 0 bridgehead atoms. The summed E-state index contributed by atoms with van der Waals surface area (Å²) in [6, 6.07) is 22.6. The Morgan fingerprint density at radius 2 is 1.61 bits per heavy atom. The number of carbonyl (C=O) groups excluding carboxylic acids is 2. The lowest BCUT2D eigenvalue weighted by Crippen LogP contribution is -2.45. The summed E-state index contributed by atoms with van der Waals surface area (Å²) in [6.45, 7) is 9.12. The van der Waals surface area contributed by atoms with Gasteiger partial charge >= 0.3 is 11.8 Å². The molecule has 1 heterocycles. The number of carbonyl (C=O) groups is 2. The van der Waals surface area contributed by atoms with Crippen molar-refractivity contribution in [2.45, 2.75) is 39.3 Å². The molecule has 1 saturated heterocycles. The fraction of sp³-hybridized carbons (Fsp3) is 0.333. The van der Waals surface area contributed by atoms with Crippen LogP contribution < -0.4 is 15.5 Å². The third-order valence-electron chi connectivity index (χ3n) is 7.24. The first kappa shape index (κ1) is 24.1. The van der Waals surface area contributed by atoms with Gasteiger partial charge in [0.05, 0.1) is 6.04 Å². The predicted molar refractivity (Wildman–Crippen MR) is 144 cm³/mol. The number of anilines is 2. The summed E-state index contributed by atoms with van der Waals surface area (Å²) in [5.74, 6) is -1.22. The van der Waals surface area contributed by atoms with Gasteiger partial charge in [0.15, 0.2) is 0 Å². The fourth-order valence-corrected chi connectivity index (χ4v) is 5.25. The van der Waals surface area contributed by atoms with E-state index in [1.807, 2.05) is 24.3 Å². The van der Waals surface area contributed by atoms with Gasteiger partial charge in [0, 0.05) is 44.1 Å². The molecule has 2 amide bonds. The van der Waals surface area contributed by atoms with Crippen molar-refractivity contribution in [1.29, 1.82) is 0 Å². The van der Waals surface area contributed by atoms with Crippen molar-refractivity contribution in [2.75, 3.05) is 36.4 Å². The maximum absolute atomic E-state index is 12.5. The van der Waals surface area contributed by atoms with E-state index in [0.29, 0.717) is 5.69 Å². The summed E-state index contributed by atoms with van der Waals surface area (Å²) in [6.07, 6.45) is 1.75. The number of nitrogens with one attached hydrogen (secondary N) is 2. The van der Waals surface area contributed by atoms with Gasteiger partial charge in [0.25, 0.3) is 0 Å². The lowest BCUT2D eigenvalue weighted by Gasteiger charge is -2.36. The summed E-state index contributed by atoms with van der Waals surface area (Å²) in [5, 5.41) is 5.63. The maximum atomic E-state index is 12.5. The molecule has 36 heavy (non-hydrogen) atoms. The SMILES string of the molecule is Cc1cccc(N2CCN(Cc3ccc(NC(=O)C(=O)NC4CCc5cc(C)ccc54)cc3)CC2)c1. The predicted octanol–water partition coefficient (Wildman–Crippen LogP) is 4.37. The molecular weight excluding hydrogens is 448 g/mol. The molecule has 1 aliphatic heterocycles. The minimum absolute atomic E-state index is 0.104. The van der Waals surface area contributed by atoms with Crippen LogP contribution in [0, 0.1) is 13.8 Å². The molecule has 186 valence electrons. The lowest BCUT2D eigenvalue weighted by molar-refractivity contribution is -0.136. The Labute approximate surface area is 213 Å². The zero-order valence-corrected chi connectivity index (χ0v) is 21.1. The van der Waals surface area contributed by atoms with Gasteiger partial charge in [-0.05, 0) is 73.2 Å². The van der Waals surface area contributed by atoms with Crippen LogP contribution in [0.4, 0.5) is 11.4 Å². The molecule has 1 atom stereocenters. The molecule has 1 fully saturated rings. The van der Waals surface area contributed by atoms with Gasteiger partial charge in [-0.25, -0.2) is 0 Å². The second kappa shape index (κ2) is 10.5. The van der Waals surface area contributed by atoms with Crippen LogP contribution >= 0.6 is 0 Å². The second-order valence-corrected chi connectivity index (χ2v) is 10.0. The van der Waals surface area contributed by atoms with Gasteiger partial charge in [-0.3, -0.25) is 14.5 Å². The first-order valence-corrected chi connectivity index (χ1v) is 12.8. The maximum Gasteiger partial charge on any atom is 0.313 e. The molecule has 3 aromatic rings. The number of hydrogen-bond donors (Lipinski definition) is 2. The molecule has 0 saturated carbocycles. The number of nitrogens with zero attached hydrogens (tertiary/aromatic N) is 2.